The number of aromatic nitrogens is 1. The summed E-state index contributed by atoms with van der Waals surface area (Å²) in [5.74, 6) is 1.80. The molecule has 0 bridgehead atoms. The quantitative estimate of drug-likeness (QED) is 0.760. The maximum absolute atomic E-state index is 12.6. The highest BCUT2D eigenvalue weighted by atomic mass is 16.5. The Morgan fingerprint density at radius 1 is 1.26 bits per heavy atom. The second-order valence-corrected chi connectivity index (χ2v) is 5.84. The van der Waals surface area contributed by atoms with Crippen molar-refractivity contribution in [1.82, 2.24) is 4.57 Å². The molecule has 4 heteroatoms. The van der Waals surface area contributed by atoms with Gasteiger partial charge in [-0.2, -0.15) is 0 Å². The number of benzene rings is 1. The Kier molecular flexibility index (Phi) is 4.42. The zero-order valence-corrected chi connectivity index (χ0v) is 14.0. The molecule has 1 aromatic carbocycles. The third-order valence-electron chi connectivity index (χ3n) is 4.25. The topological polar surface area (TPSA) is 40.5 Å². The first-order chi connectivity index (χ1) is 11.2. The number of pyridine rings is 1. The van der Waals surface area contributed by atoms with Crippen LogP contribution in [-0.4, -0.2) is 18.3 Å². The number of fused-ring (bicyclic) bond motifs is 1. The van der Waals surface area contributed by atoms with Gasteiger partial charge in [0.25, 0.3) is 0 Å². The summed E-state index contributed by atoms with van der Waals surface area (Å²) in [6.45, 7) is 5.27. The van der Waals surface area contributed by atoms with Crippen molar-refractivity contribution >= 4 is 10.9 Å². The molecule has 0 aliphatic heterocycles. The average Bonchev–Trinajstić information content (AvgIpc) is 3.38. The minimum atomic E-state index is 0.0555. The van der Waals surface area contributed by atoms with E-state index in [1.54, 1.807) is 19.2 Å². The molecule has 0 saturated heterocycles. The van der Waals surface area contributed by atoms with Crippen molar-refractivity contribution in [3.8, 4) is 11.5 Å². The molecule has 1 aliphatic rings. The van der Waals surface area contributed by atoms with Crippen LogP contribution in [0, 0.1) is 0 Å². The van der Waals surface area contributed by atoms with Crippen LogP contribution < -0.4 is 14.9 Å². The van der Waals surface area contributed by atoms with E-state index in [4.69, 9.17) is 9.47 Å². The molecule has 23 heavy (non-hydrogen) atoms. The Balaban J connectivity index is 2.28. The predicted molar refractivity (Wildman–Crippen MR) is 92.7 cm³/mol. The number of rotatable bonds is 6. The lowest BCUT2D eigenvalue weighted by Gasteiger charge is -2.17. The van der Waals surface area contributed by atoms with E-state index in [-0.39, 0.29) is 5.43 Å². The fourth-order valence-electron chi connectivity index (χ4n) is 2.96. The molecule has 0 unspecified atom stereocenters. The van der Waals surface area contributed by atoms with Crippen LogP contribution in [0.1, 0.15) is 38.3 Å². The molecule has 0 spiro atoms. The molecule has 3 rings (SSSR count). The molecule has 1 aromatic heterocycles. The van der Waals surface area contributed by atoms with Gasteiger partial charge in [0.1, 0.15) is 0 Å². The summed E-state index contributed by atoms with van der Waals surface area (Å²) in [7, 11) is 1.60. The van der Waals surface area contributed by atoms with Crippen LogP contribution in [-0.2, 0) is 6.54 Å². The van der Waals surface area contributed by atoms with Crippen LogP contribution >= 0.6 is 0 Å². The van der Waals surface area contributed by atoms with Gasteiger partial charge in [0.15, 0.2) is 16.9 Å². The summed E-state index contributed by atoms with van der Waals surface area (Å²) in [6, 6.07) is 5.53. The Bertz CT molecular complexity index is 800. The molecule has 0 amide bonds. The zero-order chi connectivity index (χ0) is 16.4. The first-order valence-corrected chi connectivity index (χ1v) is 8.19. The normalized spacial score (nSPS) is 14.6. The van der Waals surface area contributed by atoms with Gasteiger partial charge in [-0.15, -0.1) is 0 Å². The van der Waals surface area contributed by atoms with E-state index >= 15 is 0 Å². The smallest absolute Gasteiger partial charge is 0.189 e. The van der Waals surface area contributed by atoms with Crippen molar-refractivity contribution in [3.05, 3.63) is 46.3 Å². The molecule has 4 nitrogen and oxygen atoms in total. The lowest BCUT2D eigenvalue weighted by molar-refractivity contribution is 0.311. The van der Waals surface area contributed by atoms with Gasteiger partial charge in [-0.05, 0) is 38.7 Å². The summed E-state index contributed by atoms with van der Waals surface area (Å²) in [5, 5.41) is 0.680. The summed E-state index contributed by atoms with van der Waals surface area (Å²) in [4.78, 5) is 12.6. The highest BCUT2D eigenvalue weighted by Gasteiger charge is 2.27. The molecule has 122 valence electrons. The number of nitrogens with zero attached hydrogens (tertiary/aromatic N) is 1. The molecule has 1 fully saturated rings. The van der Waals surface area contributed by atoms with Gasteiger partial charge >= 0.3 is 0 Å². The summed E-state index contributed by atoms with van der Waals surface area (Å²) < 4.78 is 13.3. The fraction of sp³-hybridized carbons (Fsp3) is 0.421. The molecule has 0 N–H and O–H groups in total. The SMILES string of the molecule is CC=CCn1c(C2CC2)cc(=O)c2cc(OC)c(OCC)cc21. The van der Waals surface area contributed by atoms with Gasteiger partial charge in [-0.1, -0.05) is 12.2 Å². The minimum Gasteiger partial charge on any atom is -0.493 e. The number of methoxy groups -OCH3 is 1. The van der Waals surface area contributed by atoms with Crippen LogP contribution in [0.3, 0.4) is 0 Å². The summed E-state index contributed by atoms with van der Waals surface area (Å²) in [6.07, 6.45) is 6.47. The maximum atomic E-state index is 12.6. The van der Waals surface area contributed by atoms with E-state index < -0.39 is 0 Å². The van der Waals surface area contributed by atoms with Crippen LogP contribution in [0.15, 0.2) is 35.1 Å². The van der Waals surface area contributed by atoms with Gasteiger partial charge in [0, 0.05) is 29.8 Å². The van der Waals surface area contributed by atoms with E-state index in [1.165, 1.54) is 0 Å². The lowest BCUT2D eigenvalue weighted by atomic mass is 10.1. The Morgan fingerprint density at radius 3 is 2.65 bits per heavy atom. The summed E-state index contributed by atoms with van der Waals surface area (Å²) in [5.41, 5.74) is 2.11. The Hall–Kier alpha value is -2.23. The zero-order valence-electron chi connectivity index (χ0n) is 14.0. The maximum Gasteiger partial charge on any atom is 0.189 e. The highest BCUT2D eigenvalue weighted by molar-refractivity contribution is 5.83. The van der Waals surface area contributed by atoms with Crippen LogP contribution in [0.2, 0.25) is 0 Å². The largest absolute Gasteiger partial charge is 0.493 e. The van der Waals surface area contributed by atoms with Crippen molar-refractivity contribution in [2.24, 2.45) is 0 Å². The van der Waals surface area contributed by atoms with E-state index in [9.17, 15) is 4.79 Å². The molecule has 0 atom stereocenters. The first-order valence-electron chi connectivity index (χ1n) is 8.19. The van der Waals surface area contributed by atoms with Crippen molar-refractivity contribution in [2.45, 2.75) is 39.2 Å². The van der Waals surface area contributed by atoms with Gasteiger partial charge < -0.3 is 14.0 Å². The summed E-state index contributed by atoms with van der Waals surface area (Å²) >= 11 is 0. The van der Waals surface area contributed by atoms with Gasteiger partial charge in [0.2, 0.25) is 0 Å². The number of allylic oxidation sites excluding steroid dienone is 2. The molecular weight excluding hydrogens is 290 g/mol. The van der Waals surface area contributed by atoms with Gasteiger partial charge in [-0.3, -0.25) is 4.79 Å². The lowest BCUT2D eigenvalue weighted by Crippen LogP contribution is -2.14. The molecular formula is C19H23NO3. The molecule has 1 aliphatic carbocycles. The van der Waals surface area contributed by atoms with Crippen LogP contribution in [0.25, 0.3) is 10.9 Å². The minimum absolute atomic E-state index is 0.0555. The number of hydrogen-bond acceptors (Lipinski definition) is 3. The third-order valence-corrected chi connectivity index (χ3v) is 4.25. The van der Waals surface area contributed by atoms with Crippen molar-refractivity contribution in [3.63, 3.8) is 0 Å². The van der Waals surface area contributed by atoms with E-state index in [0.29, 0.717) is 29.4 Å². The van der Waals surface area contributed by atoms with E-state index in [1.807, 2.05) is 26.0 Å². The van der Waals surface area contributed by atoms with Crippen LogP contribution in [0.4, 0.5) is 0 Å². The number of hydrogen-bond donors (Lipinski definition) is 0. The van der Waals surface area contributed by atoms with Crippen LogP contribution in [0.5, 0.6) is 11.5 Å². The van der Waals surface area contributed by atoms with Crippen molar-refractivity contribution in [1.29, 1.82) is 0 Å². The molecule has 1 saturated carbocycles. The van der Waals surface area contributed by atoms with Crippen molar-refractivity contribution < 1.29 is 9.47 Å². The monoisotopic (exact) mass is 313 g/mol. The average molecular weight is 313 g/mol. The van der Waals surface area contributed by atoms with Gasteiger partial charge in [-0.25, -0.2) is 0 Å². The Morgan fingerprint density at radius 2 is 2.04 bits per heavy atom. The Labute approximate surface area is 136 Å². The third kappa shape index (κ3) is 2.98. The first kappa shape index (κ1) is 15.7. The molecule has 0 radical (unpaired) electrons. The van der Waals surface area contributed by atoms with E-state index in [2.05, 4.69) is 10.6 Å². The van der Waals surface area contributed by atoms with Crippen molar-refractivity contribution in [2.75, 3.05) is 13.7 Å². The molecule has 1 heterocycles. The highest BCUT2D eigenvalue weighted by Crippen LogP contribution is 2.41. The number of ether oxygens (including phenoxy) is 2. The van der Waals surface area contributed by atoms with E-state index in [0.717, 1.165) is 30.6 Å². The second-order valence-electron chi connectivity index (χ2n) is 5.84. The van der Waals surface area contributed by atoms with Gasteiger partial charge in [0.05, 0.1) is 19.2 Å². The standard InChI is InChI=1S/C19H23NO3/c1-4-6-9-20-15(13-7-8-13)11-17(21)14-10-18(22-3)19(23-5-2)12-16(14)20/h4,6,10-13H,5,7-9H2,1-3H3. The predicted octanol–water partition coefficient (Wildman–Crippen LogP) is 3.86. The fourth-order valence-corrected chi connectivity index (χ4v) is 2.96. The second kappa shape index (κ2) is 6.49. The molecule has 2 aromatic rings.